The normalized spacial score (nSPS) is 22.9. The fraction of sp³-hybridized carbons (Fsp3) is 0.875. The monoisotopic (exact) mass is 140 g/mol. The Morgan fingerprint density at radius 1 is 1.50 bits per heavy atom. The van der Waals surface area contributed by atoms with E-state index in [1.165, 1.54) is 12.8 Å². The van der Waals surface area contributed by atoms with Crippen molar-refractivity contribution in [3.63, 3.8) is 0 Å². The Morgan fingerprint density at radius 2 is 2.10 bits per heavy atom. The van der Waals surface area contributed by atoms with Gasteiger partial charge in [0.15, 0.2) is 0 Å². The highest BCUT2D eigenvalue weighted by molar-refractivity contribution is 5.58. The largest absolute Gasteiger partial charge is 0.293 e. The maximum Gasteiger partial charge on any atom is 0.217 e. The Kier molecular flexibility index (Phi) is 2.87. The molecule has 1 atom stereocenters. The van der Waals surface area contributed by atoms with E-state index >= 15 is 0 Å². The molecule has 0 bridgehead atoms. The van der Waals surface area contributed by atoms with Gasteiger partial charge in [-0.2, -0.15) is 0 Å². The fourth-order valence-corrected chi connectivity index (χ4v) is 1.47. The third-order valence-electron chi connectivity index (χ3n) is 2.10. The van der Waals surface area contributed by atoms with Crippen molar-refractivity contribution in [3.05, 3.63) is 0 Å². The lowest BCUT2D eigenvalue weighted by molar-refractivity contribution is 0.285. The van der Waals surface area contributed by atoms with Crippen LogP contribution in [0, 0.1) is 0 Å². The summed E-state index contributed by atoms with van der Waals surface area (Å²) in [6.45, 7) is 4.22. The zero-order valence-electron chi connectivity index (χ0n) is 6.47. The Hall–Kier alpha value is -0.370. The molecule has 1 saturated heterocycles. The highest BCUT2D eigenvalue weighted by Gasteiger charge is 2.19. The van der Waals surface area contributed by atoms with E-state index in [-0.39, 0.29) is 6.04 Å². The maximum absolute atomic E-state index is 10.4. The van der Waals surface area contributed by atoms with Crippen molar-refractivity contribution in [2.45, 2.75) is 32.2 Å². The van der Waals surface area contributed by atoms with Crippen LogP contribution in [-0.4, -0.2) is 30.3 Å². The van der Waals surface area contributed by atoms with Gasteiger partial charge in [-0.25, -0.2) is 0 Å². The molecule has 10 heavy (non-hydrogen) atoms. The van der Waals surface area contributed by atoms with Crippen LogP contribution in [0.4, 0.5) is 0 Å². The maximum atomic E-state index is 10.4. The van der Waals surface area contributed by atoms with Crippen molar-refractivity contribution in [3.8, 4) is 0 Å². The van der Waals surface area contributed by atoms with E-state index in [0.717, 1.165) is 19.5 Å². The number of carbonyl (C=O) groups excluding carboxylic acids is 1. The molecule has 1 fully saturated rings. The van der Waals surface area contributed by atoms with Crippen molar-refractivity contribution < 1.29 is 4.79 Å². The Balaban J connectivity index is 2.36. The molecule has 0 saturated carbocycles. The zero-order valence-corrected chi connectivity index (χ0v) is 6.47. The average molecular weight is 140 g/mol. The first kappa shape index (κ1) is 7.73. The van der Waals surface area contributed by atoms with Gasteiger partial charge in [0, 0.05) is 0 Å². The molecule has 1 radical (unpaired) electrons. The van der Waals surface area contributed by atoms with Gasteiger partial charge in [-0.05, 0) is 32.4 Å². The minimum absolute atomic E-state index is 0.0718. The molecule has 0 aromatic carbocycles. The summed E-state index contributed by atoms with van der Waals surface area (Å²) in [7, 11) is 0. The van der Waals surface area contributed by atoms with Crippen molar-refractivity contribution in [2.75, 3.05) is 13.1 Å². The topological polar surface area (TPSA) is 20.3 Å². The molecular formula is C8H14NO. The van der Waals surface area contributed by atoms with Crippen molar-refractivity contribution in [2.24, 2.45) is 0 Å². The van der Waals surface area contributed by atoms with Crippen LogP contribution in [0.5, 0.6) is 0 Å². The smallest absolute Gasteiger partial charge is 0.217 e. The van der Waals surface area contributed by atoms with Crippen LogP contribution >= 0.6 is 0 Å². The summed E-state index contributed by atoms with van der Waals surface area (Å²) in [4.78, 5) is 12.6. The highest BCUT2D eigenvalue weighted by Crippen LogP contribution is 2.11. The van der Waals surface area contributed by atoms with Crippen LogP contribution in [0.3, 0.4) is 0 Å². The SMILES string of the molecule is CCC([C]=O)N1CCCC1. The second-order valence-electron chi connectivity index (χ2n) is 2.78. The minimum atomic E-state index is 0.0718. The number of hydrogen-bond acceptors (Lipinski definition) is 2. The van der Waals surface area contributed by atoms with Gasteiger partial charge in [0.25, 0.3) is 0 Å². The van der Waals surface area contributed by atoms with Gasteiger partial charge in [-0.3, -0.25) is 9.69 Å². The lowest BCUT2D eigenvalue weighted by Gasteiger charge is -2.19. The summed E-state index contributed by atoms with van der Waals surface area (Å²) in [5, 5.41) is 0. The molecule has 2 heteroatoms. The van der Waals surface area contributed by atoms with Gasteiger partial charge in [0.2, 0.25) is 6.29 Å². The first-order chi connectivity index (χ1) is 4.88. The molecule has 0 spiro atoms. The molecule has 0 aromatic heterocycles. The van der Waals surface area contributed by atoms with Crippen molar-refractivity contribution in [1.82, 2.24) is 4.90 Å². The Labute approximate surface area is 62.2 Å². The first-order valence-electron chi connectivity index (χ1n) is 4.00. The van der Waals surface area contributed by atoms with Gasteiger partial charge >= 0.3 is 0 Å². The lowest BCUT2D eigenvalue weighted by atomic mass is 10.2. The summed E-state index contributed by atoms with van der Waals surface area (Å²) >= 11 is 0. The van der Waals surface area contributed by atoms with Crippen LogP contribution in [0.1, 0.15) is 26.2 Å². The molecular weight excluding hydrogens is 126 g/mol. The van der Waals surface area contributed by atoms with Gasteiger partial charge in [0.05, 0.1) is 6.04 Å². The third kappa shape index (κ3) is 1.57. The van der Waals surface area contributed by atoms with E-state index in [9.17, 15) is 4.79 Å². The molecule has 1 rings (SSSR count). The van der Waals surface area contributed by atoms with Gasteiger partial charge < -0.3 is 0 Å². The summed E-state index contributed by atoms with van der Waals surface area (Å²) in [6.07, 6.45) is 5.47. The van der Waals surface area contributed by atoms with Crippen LogP contribution in [-0.2, 0) is 4.79 Å². The summed E-state index contributed by atoms with van der Waals surface area (Å²) in [5.41, 5.74) is 0. The predicted molar refractivity (Wildman–Crippen MR) is 40.6 cm³/mol. The van der Waals surface area contributed by atoms with Crippen molar-refractivity contribution in [1.29, 1.82) is 0 Å². The first-order valence-corrected chi connectivity index (χ1v) is 4.00. The summed E-state index contributed by atoms with van der Waals surface area (Å²) < 4.78 is 0. The molecule has 2 nitrogen and oxygen atoms in total. The lowest BCUT2D eigenvalue weighted by Crippen LogP contribution is -2.33. The molecule has 57 valence electrons. The molecule has 1 aliphatic rings. The molecule has 0 aromatic rings. The molecule has 1 aliphatic heterocycles. The van der Waals surface area contributed by atoms with Crippen LogP contribution in [0.15, 0.2) is 0 Å². The summed E-state index contributed by atoms with van der Waals surface area (Å²) in [5.74, 6) is 0. The van der Waals surface area contributed by atoms with E-state index in [2.05, 4.69) is 11.2 Å². The second-order valence-corrected chi connectivity index (χ2v) is 2.78. The van der Waals surface area contributed by atoms with Crippen LogP contribution in [0.2, 0.25) is 0 Å². The number of hydrogen-bond donors (Lipinski definition) is 0. The molecule has 1 heterocycles. The summed E-state index contributed by atoms with van der Waals surface area (Å²) in [6, 6.07) is 0.0718. The molecule has 0 N–H and O–H groups in total. The number of rotatable bonds is 3. The van der Waals surface area contributed by atoms with E-state index in [4.69, 9.17) is 0 Å². The molecule has 0 aliphatic carbocycles. The van der Waals surface area contributed by atoms with Gasteiger partial charge in [-0.1, -0.05) is 6.92 Å². The van der Waals surface area contributed by atoms with E-state index < -0.39 is 0 Å². The third-order valence-corrected chi connectivity index (χ3v) is 2.10. The van der Waals surface area contributed by atoms with Gasteiger partial charge in [-0.15, -0.1) is 0 Å². The Morgan fingerprint density at radius 3 is 2.50 bits per heavy atom. The van der Waals surface area contributed by atoms with E-state index in [0.29, 0.717) is 0 Å². The fourth-order valence-electron chi connectivity index (χ4n) is 1.47. The molecule has 1 unspecified atom stereocenters. The Bertz CT molecular complexity index is 108. The number of nitrogens with zero attached hydrogens (tertiary/aromatic N) is 1. The average Bonchev–Trinajstić information content (AvgIpc) is 2.43. The molecule has 0 amide bonds. The predicted octanol–water partition coefficient (Wildman–Crippen LogP) is 0.970. The quantitative estimate of drug-likeness (QED) is 0.582. The van der Waals surface area contributed by atoms with Gasteiger partial charge in [0.1, 0.15) is 0 Å². The standard InChI is InChI=1S/C8H14NO/c1-2-8(7-10)9-5-3-4-6-9/h8H,2-6H2,1H3. The van der Waals surface area contributed by atoms with Crippen LogP contribution in [0.25, 0.3) is 0 Å². The highest BCUT2D eigenvalue weighted by atomic mass is 16.1. The van der Waals surface area contributed by atoms with E-state index in [1.54, 1.807) is 0 Å². The van der Waals surface area contributed by atoms with Crippen molar-refractivity contribution >= 4 is 6.29 Å². The minimum Gasteiger partial charge on any atom is -0.293 e. The van der Waals surface area contributed by atoms with E-state index in [1.807, 2.05) is 6.92 Å². The second kappa shape index (κ2) is 3.71. The van der Waals surface area contributed by atoms with Crippen LogP contribution < -0.4 is 0 Å². The number of likely N-dealkylation sites (tertiary alicyclic amines) is 1. The zero-order chi connectivity index (χ0) is 7.40.